The number of carbonyl (C=O) groups is 1. The number of benzene rings is 3. The number of hydrogen-bond donors (Lipinski definition) is 4. The van der Waals surface area contributed by atoms with Gasteiger partial charge in [-0.05, 0) is 146 Å². The van der Waals surface area contributed by atoms with Crippen molar-refractivity contribution in [3.63, 3.8) is 0 Å². The molecule has 0 atom stereocenters. The lowest BCUT2D eigenvalue weighted by Crippen LogP contribution is -2.47. The van der Waals surface area contributed by atoms with Crippen molar-refractivity contribution in [3.05, 3.63) is 89.0 Å². The van der Waals surface area contributed by atoms with E-state index in [1.54, 1.807) is 6.92 Å². The minimum absolute atomic E-state index is 0.0508. The van der Waals surface area contributed by atoms with Crippen LogP contribution in [0.4, 0.5) is 0 Å². The lowest BCUT2D eigenvalue weighted by molar-refractivity contribution is -0.142. The van der Waals surface area contributed by atoms with Gasteiger partial charge in [0, 0.05) is 18.7 Å². The average molecular weight is 725 g/mol. The molecule has 1 aliphatic rings. The first-order valence-corrected chi connectivity index (χ1v) is 20.4. The van der Waals surface area contributed by atoms with E-state index in [4.69, 9.17) is 32.4 Å². The Hall–Kier alpha value is -3.49. The van der Waals surface area contributed by atoms with Crippen molar-refractivity contribution in [1.29, 1.82) is 0 Å². The normalized spacial score (nSPS) is 16.1. The maximum Gasteiger partial charge on any atom is 0.333 e. The van der Waals surface area contributed by atoms with E-state index in [1.165, 1.54) is 84.7 Å². The first kappa shape index (κ1) is 42.3. The van der Waals surface area contributed by atoms with Gasteiger partial charge in [-0.25, -0.2) is 4.79 Å². The zero-order chi connectivity index (χ0) is 38.2. The molecule has 0 aromatic heterocycles. The van der Waals surface area contributed by atoms with Crippen LogP contribution in [0.25, 0.3) is 22.3 Å². The van der Waals surface area contributed by atoms with Crippen LogP contribution in [0.3, 0.4) is 0 Å². The van der Waals surface area contributed by atoms with Crippen LogP contribution in [0.1, 0.15) is 113 Å². The highest BCUT2D eigenvalue weighted by molar-refractivity contribution is 5.87. The number of carbonyl (C=O) groups excluding carboxylic acids is 1. The molecule has 3 aromatic rings. The summed E-state index contributed by atoms with van der Waals surface area (Å²) in [5.41, 5.74) is 34.0. The fourth-order valence-electron chi connectivity index (χ4n) is 7.74. The highest BCUT2D eigenvalue weighted by Crippen LogP contribution is 2.40. The van der Waals surface area contributed by atoms with Crippen LogP contribution in [-0.2, 0) is 28.8 Å². The summed E-state index contributed by atoms with van der Waals surface area (Å²) in [6.07, 6.45) is 15.0. The van der Waals surface area contributed by atoms with Gasteiger partial charge < -0.3 is 32.4 Å². The maximum atomic E-state index is 12.2. The molecule has 0 amide bonds. The first-order chi connectivity index (χ1) is 25.7. The van der Waals surface area contributed by atoms with Gasteiger partial charge in [0.05, 0.1) is 12.0 Å². The van der Waals surface area contributed by atoms with Crippen molar-refractivity contribution >= 4 is 5.97 Å². The summed E-state index contributed by atoms with van der Waals surface area (Å²) in [7, 11) is 0. The summed E-state index contributed by atoms with van der Waals surface area (Å²) >= 11 is 0. The van der Waals surface area contributed by atoms with Crippen LogP contribution in [0.2, 0.25) is 0 Å². The van der Waals surface area contributed by atoms with E-state index in [-0.39, 0.29) is 26.3 Å². The predicted molar refractivity (Wildman–Crippen MR) is 222 cm³/mol. The molecule has 0 aliphatic heterocycles. The molecule has 1 fully saturated rings. The van der Waals surface area contributed by atoms with E-state index in [2.05, 4.69) is 75.0 Å². The van der Waals surface area contributed by atoms with Crippen molar-refractivity contribution in [1.82, 2.24) is 0 Å². The van der Waals surface area contributed by atoms with E-state index in [0.717, 1.165) is 54.9 Å². The SMILES string of the molecule is C=C(C)C(=O)OCC(CN)(CN)COc1c(CCCN)cc(-c2ccc(-c3ccc(C4CCC(CCCCC)CC4)cc3)cc2CC)cc1CCCN. The molecule has 0 spiro atoms. The Morgan fingerprint density at radius 2 is 1.36 bits per heavy atom. The number of nitrogens with two attached hydrogens (primary N) is 4. The van der Waals surface area contributed by atoms with Gasteiger partial charge in [-0.3, -0.25) is 0 Å². The molecule has 1 saturated carbocycles. The van der Waals surface area contributed by atoms with Gasteiger partial charge in [0.15, 0.2) is 0 Å². The number of rotatable bonds is 22. The maximum absolute atomic E-state index is 12.2. The number of unbranched alkanes of at least 4 members (excludes halogenated alkanes) is 2. The van der Waals surface area contributed by atoms with Crippen LogP contribution < -0.4 is 27.7 Å². The summed E-state index contributed by atoms with van der Waals surface area (Å²) in [6, 6.07) is 20.8. The Kier molecular flexibility index (Phi) is 17.1. The molecule has 290 valence electrons. The molecular formula is C46H68N4O3. The molecule has 8 N–H and O–H groups in total. The van der Waals surface area contributed by atoms with Gasteiger partial charge >= 0.3 is 5.97 Å². The van der Waals surface area contributed by atoms with Crippen molar-refractivity contribution < 1.29 is 14.3 Å². The summed E-state index contributed by atoms with van der Waals surface area (Å²) in [6.45, 7) is 11.6. The molecule has 4 rings (SSSR count). The smallest absolute Gasteiger partial charge is 0.333 e. The summed E-state index contributed by atoms with van der Waals surface area (Å²) in [5, 5.41) is 0. The molecule has 0 unspecified atom stereocenters. The lowest BCUT2D eigenvalue weighted by Gasteiger charge is -2.31. The molecule has 7 heteroatoms. The zero-order valence-electron chi connectivity index (χ0n) is 33.0. The van der Waals surface area contributed by atoms with Crippen molar-refractivity contribution in [2.75, 3.05) is 39.4 Å². The second-order valence-electron chi connectivity index (χ2n) is 15.5. The number of aryl methyl sites for hydroxylation is 3. The summed E-state index contributed by atoms with van der Waals surface area (Å²) in [5.74, 6) is 1.98. The third-order valence-electron chi connectivity index (χ3n) is 11.4. The lowest BCUT2D eigenvalue weighted by atomic mass is 9.77. The van der Waals surface area contributed by atoms with E-state index in [0.29, 0.717) is 24.6 Å². The largest absolute Gasteiger partial charge is 0.492 e. The topological polar surface area (TPSA) is 140 Å². The minimum Gasteiger partial charge on any atom is -0.492 e. The first-order valence-electron chi connectivity index (χ1n) is 20.4. The monoisotopic (exact) mass is 725 g/mol. The van der Waals surface area contributed by atoms with Gasteiger partial charge in [0.1, 0.15) is 12.4 Å². The van der Waals surface area contributed by atoms with Crippen molar-refractivity contribution in [2.24, 2.45) is 34.3 Å². The molecule has 0 bridgehead atoms. The van der Waals surface area contributed by atoms with Crippen LogP contribution in [0, 0.1) is 11.3 Å². The highest BCUT2D eigenvalue weighted by Gasteiger charge is 2.31. The van der Waals surface area contributed by atoms with Gasteiger partial charge in [0.25, 0.3) is 0 Å². The fourth-order valence-corrected chi connectivity index (χ4v) is 7.74. The minimum atomic E-state index is -0.739. The van der Waals surface area contributed by atoms with E-state index >= 15 is 0 Å². The molecule has 0 heterocycles. The summed E-state index contributed by atoms with van der Waals surface area (Å²) < 4.78 is 12.2. The molecular weight excluding hydrogens is 657 g/mol. The molecule has 53 heavy (non-hydrogen) atoms. The van der Waals surface area contributed by atoms with E-state index < -0.39 is 11.4 Å². The average Bonchev–Trinajstić information content (AvgIpc) is 3.19. The predicted octanol–water partition coefficient (Wildman–Crippen LogP) is 8.62. The van der Waals surface area contributed by atoms with Crippen LogP contribution in [0.5, 0.6) is 5.75 Å². The third-order valence-corrected chi connectivity index (χ3v) is 11.4. The van der Waals surface area contributed by atoms with Gasteiger partial charge in [-0.1, -0.05) is 88.6 Å². The molecule has 1 aliphatic carbocycles. The van der Waals surface area contributed by atoms with Crippen LogP contribution in [0.15, 0.2) is 66.7 Å². The molecule has 7 nitrogen and oxygen atoms in total. The molecule has 0 saturated heterocycles. The Balaban J connectivity index is 1.59. The van der Waals surface area contributed by atoms with Crippen molar-refractivity contribution in [2.45, 2.75) is 110 Å². The molecule has 3 aromatic carbocycles. The standard InChI is InChI=1S/C46H68N4O3/c1-5-7-8-11-34-14-16-36(17-15-34)37-18-20-38(21-19-37)39-22-23-43(35(6-2)26-39)42-27-40(12-9-24-47)44(41(28-42)13-10-25-48)52-31-46(29-49,30-50)32-53-45(51)33(3)4/h18-23,26-28,34,36H,3,5-17,24-25,29-32,47-50H2,1-2,4H3. The van der Waals surface area contributed by atoms with Gasteiger partial charge in [0.2, 0.25) is 0 Å². The highest BCUT2D eigenvalue weighted by atomic mass is 16.5. The van der Waals surface area contributed by atoms with Gasteiger partial charge in [-0.2, -0.15) is 0 Å². The molecule has 0 radical (unpaired) electrons. The second kappa shape index (κ2) is 21.4. The quantitative estimate of drug-likeness (QED) is 0.0462. The Morgan fingerprint density at radius 1 is 0.755 bits per heavy atom. The Labute approximate surface area is 320 Å². The Morgan fingerprint density at radius 3 is 1.91 bits per heavy atom. The number of ether oxygens (including phenoxy) is 2. The Bertz CT molecular complexity index is 1560. The second-order valence-corrected chi connectivity index (χ2v) is 15.5. The third kappa shape index (κ3) is 11.7. The fraction of sp³-hybridized carbons (Fsp3) is 0.543. The van der Waals surface area contributed by atoms with E-state index in [9.17, 15) is 4.79 Å². The summed E-state index contributed by atoms with van der Waals surface area (Å²) in [4.78, 5) is 12.2. The zero-order valence-corrected chi connectivity index (χ0v) is 33.0. The number of esters is 1. The van der Waals surface area contributed by atoms with E-state index in [1.807, 2.05) is 0 Å². The van der Waals surface area contributed by atoms with Crippen molar-refractivity contribution in [3.8, 4) is 28.0 Å². The van der Waals surface area contributed by atoms with Gasteiger partial charge in [-0.15, -0.1) is 0 Å². The van der Waals surface area contributed by atoms with Crippen LogP contribution in [-0.4, -0.2) is 45.4 Å². The van der Waals surface area contributed by atoms with Crippen LogP contribution >= 0.6 is 0 Å². The number of hydrogen-bond acceptors (Lipinski definition) is 7.